The van der Waals surface area contributed by atoms with E-state index in [4.69, 9.17) is 4.74 Å². The fourth-order valence-electron chi connectivity index (χ4n) is 2.49. The molecule has 1 unspecified atom stereocenters. The van der Waals surface area contributed by atoms with E-state index in [0.29, 0.717) is 17.5 Å². The number of carbonyl (C=O) groups is 3. The Kier molecular flexibility index (Phi) is 5.08. The van der Waals surface area contributed by atoms with E-state index in [1.807, 2.05) is 36.4 Å². The summed E-state index contributed by atoms with van der Waals surface area (Å²) in [5, 5.41) is 4.82. The first-order valence-electron chi connectivity index (χ1n) is 8.13. The van der Waals surface area contributed by atoms with Gasteiger partial charge in [0.15, 0.2) is 6.10 Å². The van der Waals surface area contributed by atoms with E-state index < -0.39 is 18.0 Å². The topological polar surface area (TPSA) is 72.5 Å². The molecule has 1 N–H and O–H groups in total. The van der Waals surface area contributed by atoms with Gasteiger partial charge in [-0.15, -0.1) is 0 Å². The zero-order chi connectivity index (χ0) is 18.5. The number of hydrogen-bond donors (Lipinski definition) is 1. The molecule has 3 rings (SSSR count). The molecule has 0 bridgehead atoms. The van der Waals surface area contributed by atoms with Crippen molar-refractivity contribution in [3.63, 3.8) is 0 Å². The maximum Gasteiger partial charge on any atom is 0.338 e. The minimum absolute atomic E-state index is 0.279. The van der Waals surface area contributed by atoms with Crippen LogP contribution in [0.4, 0.5) is 5.69 Å². The summed E-state index contributed by atoms with van der Waals surface area (Å²) in [6.07, 6.45) is -0.269. The number of carbonyl (C=O) groups excluding carboxylic acids is 3. The van der Waals surface area contributed by atoms with Gasteiger partial charge >= 0.3 is 5.97 Å². The van der Waals surface area contributed by atoms with Gasteiger partial charge in [-0.3, -0.25) is 9.59 Å². The van der Waals surface area contributed by atoms with Gasteiger partial charge in [0.1, 0.15) is 6.29 Å². The predicted octanol–water partition coefficient (Wildman–Crippen LogP) is 3.84. The Morgan fingerprint density at radius 3 is 2.35 bits per heavy atom. The number of anilines is 1. The lowest BCUT2D eigenvalue weighted by atomic mass is 10.1. The Bertz CT molecular complexity index is 963. The second-order valence-electron chi connectivity index (χ2n) is 5.84. The van der Waals surface area contributed by atoms with Crippen molar-refractivity contribution >= 4 is 34.6 Å². The van der Waals surface area contributed by atoms with Crippen LogP contribution in [-0.2, 0) is 9.53 Å². The highest BCUT2D eigenvalue weighted by Crippen LogP contribution is 2.19. The van der Waals surface area contributed by atoms with Crippen molar-refractivity contribution in [1.29, 1.82) is 0 Å². The first-order chi connectivity index (χ1) is 12.6. The molecule has 130 valence electrons. The molecule has 0 aliphatic rings. The number of aldehydes is 1. The molecule has 0 spiro atoms. The Hall–Kier alpha value is -3.47. The van der Waals surface area contributed by atoms with Crippen molar-refractivity contribution in [2.45, 2.75) is 13.0 Å². The van der Waals surface area contributed by atoms with Crippen LogP contribution in [0.25, 0.3) is 10.8 Å². The molecule has 0 aromatic heterocycles. The van der Waals surface area contributed by atoms with E-state index in [9.17, 15) is 14.4 Å². The quantitative estimate of drug-likeness (QED) is 0.562. The number of fused-ring (bicyclic) bond motifs is 1. The van der Waals surface area contributed by atoms with Gasteiger partial charge in [0.05, 0.1) is 5.56 Å². The van der Waals surface area contributed by atoms with Crippen LogP contribution in [0.5, 0.6) is 0 Å². The average molecular weight is 347 g/mol. The average Bonchev–Trinajstić information content (AvgIpc) is 2.67. The van der Waals surface area contributed by atoms with Crippen LogP contribution in [0.2, 0.25) is 0 Å². The van der Waals surface area contributed by atoms with E-state index in [-0.39, 0.29) is 5.56 Å². The molecule has 0 heterocycles. The van der Waals surface area contributed by atoms with Crippen LogP contribution in [0, 0.1) is 0 Å². The molecule has 1 atom stereocenters. The summed E-state index contributed by atoms with van der Waals surface area (Å²) in [5.74, 6) is -1.04. The van der Waals surface area contributed by atoms with Gasteiger partial charge in [0.2, 0.25) is 0 Å². The van der Waals surface area contributed by atoms with Crippen LogP contribution in [0.15, 0.2) is 66.7 Å². The third-order valence-corrected chi connectivity index (χ3v) is 3.95. The Balaban J connectivity index is 1.64. The van der Waals surface area contributed by atoms with Gasteiger partial charge in [-0.2, -0.15) is 0 Å². The summed E-state index contributed by atoms with van der Waals surface area (Å²) in [5.41, 5.74) is 1.37. The van der Waals surface area contributed by atoms with E-state index in [1.54, 1.807) is 6.07 Å². The molecule has 26 heavy (non-hydrogen) atoms. The maximum absolute atomic E-state index is 12.3. The van der Waals surface area contributed by atoms with Gasteiger partial charge in [0.25, 0.3) is 5.91 Å². The minimum atomic E-state index is -0.959. The Morgan fingerprint density at radius 2 is 1.65 bits per heavy atom. The molecule has 0 radical (unpaired) electrons. The number of hydrogen-bond acceptors (Lipinski definition) is 4. The predicted molar refractivity (Wildman–Crippen MR) is 99.3 cm³/mol. The van der Waals surface area contributed by atoms with Gasteiger partial charge in [0, 0.05) is 11.3 Å². The smallest absolute Gasteiger partial charge is 0.338 e. The standard InChI is InChI=1S/C21H17NO4/c1-14(26-21(25)17-8-6-15(13-23)7-9-17)20(24)22-19-11-10-16-4-2-3-5-18(16)12-19/h2-14H,1H3,(H,22,24). The third kappa shape index (κ3) is 3.95. The molecule has 0 aliphatic carbocycles. The molecule has 5 heteroatoms. The molecule has 1 amide bonds. The Labute approximate surface area is 150 Å². The largest absolute Gasteiger partial charge is 0.449 e. The van der Waals surface area contributed by atoms with E-state index >= 15 is 0 Å². The molecule has 0 saturated carbocycles. The van der Waals surface area contributed by atoms with Crippen molar-refractivity contribution in [1.82, 2.24) is 0 Å². The third-order valence-electron chi connectivity index (χ3n) is 3.95. The first-order valence-corrected chi connectivity index (χ1v) is 8.13. The van der Waals surface area contributed by atoms with E-state index in [2.05, 4.69) is 5.32 Å². The van der Waals surface area contributed by atoms with Crippen molar-refractivity contribution in [2.75, 3.05) is 5.32 Å². The molecule has 5 nitrogen and oxygen atoms in total. The highest BCUT2D eigenvalue weighted by atomic mass is 16.5. The lowest BCUT2D eigenvalue weighted by molar-refractivity contribution is -0.123. The number of amides is 1. The summed E-state index contributed by atoms with van der Waals surface area (Å²) in [7, 11) is 0. The summed E-state index contributed by atoms with van der Waals surface area (Å²) >= 11 is 0. The normalized spacial score (nSPS) is 11.6. The van der Waals surface area contributed by atoms with Crippen LogP contribution < -0.4 is 5.32 Å². The lowest BCUT2D eigenvalue weighted by Crippen LogP contribution is -2.30. The van der Waals surface area contributed by atoms with Crippen LogP contribution in [-0.4, -0.2) is 24.3 Å². The zero-order valence-electron chi connectivity index (χ0n) is 14.1. The van der Waals surface area contributed by atoms with Gasteiger partial charge < -0.3 is 10.1 Å². The van der Waals surface area contributed by atoms with Crippen molar-refractivity contribution < 1.29 is 19.1 Å². The van der Waals surface area contributed by atoms with Crippen LogP contribution in [0.1, 0.15) is 27.6 Å². The van der Waals surface area contributed by atoms with Crippen LogP contribution in [0.3, 0.4) is 0 Å². The highest BCUT2D eigenvalue weighted by Gasteiger charge is 2.19. The maximum atomic E-state index is 12.3. The van der Waals surface area contributed by atoms with E-state index in [1.165, 1.54) is 31.2 Å². The van der Waals surface area contributed by atoms with E-state index in [0.717, 1.165) is 10.8 Å². The summed E-state index contributed by atoms with van der Waals surface area (Å²) in [6, 6.07) is 19.4. The summed E-state index contributed by atoms with van der Waals surface area (Å²) < 4.78 is 5.19. The fraction of sp³-hybridized carbons (Fsp3) is 0.0952. The second-order valence-corrected chi connectivity index (χ2v) is 5.84. The molecule has 0 saturated heterocycles. The molecular formula is C21H17NO4. The fourth-order valence-corrected chi connectivity index (χ4v) is 2.49. The van der Waals surface area contributed by atoms with Crippen molar-refractivity contribution in [2.24, 2.45) is 0 Å². The Morgan fingerprint density at radius 1 is 0.962 bits per heavy atom. The first kappa shape index (κ1) is 17.4. The molecule has 0 fully saturated rings. The second kappa shape index (κ2) is 7.61. The number of nitrogens with one attached hydrogen (secondary N) is 1. The monoisotopic (exact) mass is 347 g/mol. The van der Waals surface area contributed by atoms with Gasteiger partial charge in [-0.25, -0.2) is 4.79 Å². The number of benzene rings is 3. The zero-order valence-corrected chi connectivity index (χ0v) is 14.1. The molecule has 3 aromatic carbocycles. The number of rotatable bonds is 5. The number of esters is 1. The van der Waals surface area contributed by atoms with Gasteiger partial charge in [-0.05, 0) is 42.0 Å². The number of ether oxygens (including phenoxy) is 1. The molecule has 3 aromatic rings. The van der Waals surface area contributed by atoms with Crippen molar-refractivity contribution in [3.8, 4) is 0 Å². The van der Waals surface area contributed by atoms with Crippen molar-refractivity contribution in [3.05, 3.63) is 77.9 Å². The molecular weight excluding hydrogens is 330 g/mol. The minimum Gasteiger partial charge on any atom is -0.449 e. The molecule has 0 aliphatic heterocycles. The lowest BCUT2D eigenvalue weighted by Gasteiger charge is -2.14. The SMILES string of the molecule is CC(OC(=O)c1ccc(C=O)cc1)C(=O)Nc1ccc2ccccc2c1. The van der Waals surface area contributed by atoms with Crippen LogP contribution >= 0.6 is 0 Å². The summed E-state index contributed by atoms with van der Waals surface area (Å²) in [4.78, 5) is 35.0. The summed E-state index contributed by atoms with van der Waals surface area (Å²) in [6.45, 7) is 1.51. The highest BCUT2D eigenvalue weighted by molar-refractivity contribution is 5.99. The van der Waals surface area contributed by atoms with Gasteiger partial charge in [-0.1, -0.05) is 42.5 Å².